The van der Waals surface area contributed by atoms with Gasteiger partial charge in [-0.25, -0.2) is 0 Å². The van der Waals surface area contributed by atoms with Crippen molar-refractivity contribution in [3.05, 3.63) is 127 Å². The number of hydrogen-bond donors (Lipinski definition) is 0. The molecule has 0 saturated heterocycles. The van der Waals surface area contributed by atoms with E-state index in [2.05, 4.69) is 52.0 Å². The standard InChI is InChI=1S/C16H19.2C7H7.Hf/c1-11(2)8-14-6-7-15-9-12-4-3-5-13(12)10-16(14)15;2*1-7-5-3-2-4-6-7;/h6-7,9-11H,3-5,8H2,1-2H3;2*2-6H,1H2;/q3*-1;. The Hall–Kier alpha value is -2.12. The monoisotopic (exact) mass is 573 g/mol. The molecule has 0 spiro atoms. The van der Waals surface area contributed by atoms with Gasteiger partial charge in [0.05, 0.1) is 0 Å². The molecule has 0 N–H and O–H groups in total. The molecule has 0 atom stereocenters. The summed E-state index contributed by atoms with van der Waals surface area (Å²) in [5.41, 5.74) is 6.88. The van der Waals surface area contributed by atoms with Gasteiger partial charge in [0.2, 0.25) is 0 Å². The average molecular weight is 572 g/mol. The topological polar surface area (TPSA) is 0 Å². The fraction of sp³-hybridized carbons (Fsp3) is 0.233. The Morgan fingerprint density at radius 2 is 1.29 bits per heavy atom. The molecular formula is C30H33Hf-3. The third-order valence-electron chi connectivity index (χ3n) is 5.39. The largest absolute Gasteiger partial charge is 0.199 e. The summed E-state index contributed by atoms with van der Waals surface area (Å²) < 4.78 is 0. The zero-order valence-electron chi connectivity index (χ0n) is 18.9. The Kier molecular flexibility index (Phi) is 10.3. The molecule has 0 fully saturated rings. The Morgan fingerprint density at radius 1 is 0.774 bits per heavy atom. The van der Waals surface area contributed by atoms with Gasteiger partial charge >= 0.3 is 0 Å². The van der Waals surface area contributed by atoms with E-state index in [4.69, 9.17) is 0 Å². The Morgan fingerprint density at radius 3 is 1.74 bits per heavy atom. The molecule has 160 valence electrons. The van der Waals surface area contributed by atoms with Crippen LogP contribution in [-0.4, -0.2) is 0 Å². The van der Waals surface area contributed by atoms with E-state index in [-0.39, 0.29) is 25.8 Å². The van der Waals surface area contributed by atoms with Crippen LogP contribution in [0.2, 0.25) is 0 Å². The third-order valence-corrected chi connectivity index (χ3v) is 5.39. The van der Waals surface area contributed by atoms with Gasteiger partial charge in [-0.05, 0) is 19.3 Å². The van der Waals surface area contributed by atoms with Gasteiger partial charge in [-0.3, -0.25) is 0 Å². The second kappa shape index (κ2) is 12.7. The molecule has 0 aromatic heterocycles. The van der Waals surface area contributed by atoms with Crippen molar-refractivity contribution in [2.45, 2.75) is 39.5 Å². The first-order chi connectivity index (χ1) is 14.5. The first-order valence-electron chi connectivity index (χ1n) is 11.0. The molecule has 1 aliphatic rings. The van der Waals surface area contributed by atoms with Crippen LogP contribution in [0.4, 0.5) is 0 Å². The van der Waals surface area contributed by atoms with Crippen molar-refractivity contribution in [1.29, 1.82) is 0 Å². The summed E-state index contributed by atoms with van der Waals surface area (Å²) in [7, 11) is 0. The van der Waals surface area contributed by atoms with Crippen LogP contribution >= 0.6 is 0 Å². The summed E-state index contributed by atoms with van der Waals surface area (Å²) in [6.45, 7) is 12.0. The molecule has 0 nitrogen and oxygen atoms in total. The maximum atomic E-state index is 3.72. The van der Waals surface area contributed by atoms with Gasteiger partial charge < -0.3 is 0 Å². The molecule has 4 aromatic carbocycles. The predicted octanol–water partition coefficient (Wildman–Crippen LogP) is 7.98. The van der Waals surface area contributed by atoms with Crippen molar-refractivity contribution in [3.63, 3.8) is 0 Å². The van der Waals surface area contributed by atoms with Gasteiger partial charge in [0.15, 0.2) is 0 Å². The summed E-state index contributed by atoms with van der Waals surface area (Å²) in [6.07, 6.45) is 5.14. The minimum absolute atomic E-state index is 0. The van der Waals surface area contributed by atoms with Crippen molar-refractivity contribution < 1.29 is 25.8 Å². The third kappa shape index (κ3) is 7.82. The molecule has 0 unspecified atom stereocenters. The van der Waals surface area contributed by atoms with Gasteiger partial charge in [0, 0.05) is 25.8 Å². The van der Waals surface area contributed by atoms with Crippen LogP contribution in [0.3, 0.4) is 0 Å². The number of fused-ring (bicyclic) bond motifs is 2. The van der Waals surface area contributed by atoms with E-state index < -0.39 is 0 Å². The summed E-state index contributed by atoms with van der Waals surface area (Å²) in [5, 5.41) is 2.96. The molecule has 1 aliphatic carbocycles. The smallest absolute Gasteiger partial charge is 0 e. The average Bonchev–Trinajstić information content (AvgIpc) is 3.35. The van der Waals surface area contributed by atoms with E-state index in [1.165, 1.54) is 36.5 Å². The van der Waals surface area contributed by atoms with Gasteiger partial charge in [-0.15, -0.1) is 58.8 Å². The molecular weight excluding hydrogens is 539 g/mol. The molecule has 0 bridgehead atoms. The SMILES string of the molecule is CC(C)C[c-]1ccc2cc3c(cc21)CCC3.[CH2-]c1ccccc1.[CH2-]c1ccccc1.[Hf]. The van der Waals surface area contributed by atoms with E-state index in [0.29, 0.717) is 0 Å². The zero-order valence-corrected chi connectivity index (χ0v) is 22.5. The maximum Gasteiger partial charge on any atom is 0 e. The van der Waals surface area contributed by atoms with Crippen LogP contribution < -0.4 is 0 Å². The first-order valence-corrected chi connectivity index (χ1v) is 11.0. The molecule has 4 aromatic rings. The minimum Gasteiger partial charge on any atom is -0.199 e. The summed E-state index contributed by atoms with van der Waals surface area (Å²) in [5.74, 6) is 0.749. The van der Waals surface area contributed by atoms with Crippen molar-refractivity contribution in [2.75, 3.05) is 0 Å². The normalized spacial score (nSPS) is 11.6. The second-order valence-corrected chi connectivity index (χ2v) is 8.49. The van der Waals surface area contributed by atoms with Crippen molar-refractivity contribution in [3.8, 4) is 0 Å². The van der Waals surface area contributed by atoms with Crippen LogP contribution in [0.5, 0.6) is 0 Å². The van der Waals surface area contributed by atoms with Gasteiger partial charge in [0.1, 0.15) is 0 Å². The first kappa shape index (κ1) is 25.1. The van der Waals surface area contributed by atoms with E-state index in [9.17, 15) is 0 Å². The van der Waals surface area contributed by atoms with Crippen LogP contribution in [0.25, 0.3) is 10.8 Å². The molecule has 31 heavy (non-hydrogen) atoms. The van der Waals surface area contributed by atoms with E-state index in [1.54, 1.807) is 16.7 Å². The van der Waals surface area contributed by atoms with Crippen LogP contribution in [-0.2, 0) is 45.1 Å². The zero-order chi connectivity index (χ0) is 21.3. The quantitative estimate of drug-likeness (QED) is 0.169. The van der Waals surface area contributed by atoms with Crippen molar-refractivity contribution >= 4 is 10.8 Å². The van der Waals surface area contributed by atoms with Crippen molar-refractivity contribution in [2.24, 2.45) is 5.92 Å². The molecule has 5 rings (SSSR count). The van der Waals surface area contributed by atoms with Crippen molar-refractivity contribution in [1.82, 2.24) is 0 Å². The predicted molar refractivity (Wildman–Crippen MR) is 132 cm³/mol. The Bertz CT molecular complexity index is 989. The molecule has 1 heteroatoms. The maximum absolute atomic E-state index is 3.72. The van der Waals surface area contributed by atoms with Crippen LogP contribution in [0.1, 0.15) is 48.1 Å². The second-order valence-electron chi connectivity index (χ2n) is 8.49. The Balaban J connectivity index is 0.000000190. The van der Waals surface area contributed by atoms with E-state index in [0.717, 1.165) is 17.0 Å². The van der Waals surface area contributed by atoms with E-state index in [1.807, 2.05) is 60.7 Å². The fourth-order valence-corrected chi connectivity index (χ4v) is 3.91. The van der Waals surface area contributed by atoms with Gasteiger partial charge in [-0.1, -0.05) is 49.4 Å². The van der Waals surface area contributed by atoms with Gasteiger partial charge in [0.25, 0.3) is 0 Å². The number of benzene rings is 3. The van der Waals surface area contributed by atoms with Crippen LogP contribution in [0, 0.1) is 19.8 Å². The Labute approximate surface area is 207 Å². The summed E-state index contributed by atoms with van der Waals surface area (Å²) in [4.78, 5) is 0. The molecule has 0 saturated carbocycles. The number of aryl methyl sites for hydroxylation is 2. The molecule has 0 heterocycles. The van der Waals surface area contributed by atoms with Crippen LogP contribution in [0.15, 0.2) is 84.9 Å². The molecule has 0 radical (unpaired) electrons. The minimum atomic E-state index is 0. The molecule has 0 aliphatic heterocycles. The molecule has 0 amide bonds. The summed E-state index contributed by atoms with van der Waals surface area (Å²) >= 11 is 0. The van der Waals surface area contributed by atoms with Gasteiger partial charge in [-0.2, -0.15) is 55.3 Å². The number of rotatable bonds is 2. The fourth-order valence-electron chi connectivity index (χ4n) is 3.91. The number of hydrogen-bond acceptors (Lipinski definition) is 0. The summed E-state index contributed by atoms with van der Waals surface area (Å²) in [6, 6.07) is 29.2. The van der Waals surface area contributed by atoms with E-state index >= 15 is 0 Å².